The first kappa shape index (κ1) is 11.4. The molecule has 0 saturated carbocycles. The first-order chi connectivity index (χ1) is 9.83. The lowest BCUT2D eigenvalue weighted by atomic mass is 10.1. The summed E-state index contributed by atoms with van der Waals surface area (Å²) in [5, 5.41) is 2.13. The molecule has 4 aromatic heterocycles. The Morgan fingerprint density at radius 2 is 2.10 bits per heavy atom. The van der Waals surface area contributed by atoms with E-state index in [-0.39, 0.29) is 0 Å². The molecule has 20 heavy (non-hydrogen) atoms. The second-order valence-corrected chi connectivity index (χ2v) is 5.50. The number of thiophene rings is 1. The molecule has 4 rings (SSSR count). The second kappa shape index (κ2) is 4.31. The summed E-state index contributed by atoms with van der Waals surface area (Å²) in [5.41, 5.74) is 4.32. The summed E-state index contributed by atoms with van der Waals surface area (Å²) in [6.07, 6.45) is 7.12. The zero-order valence-electron chi connectivity index (χ0n) is 10.8. The van der Waals surface area contributed by atoms with Gasteiger partial charge >= 0.3 is 5.84 Å². The lowest BCUT2D eigenvalue weighted by Gasteiger charge is -2.01. The van der Waals surface area contributed by atoms with Crippen molar-refractivity contribution in [1.82, 2.24) is 14.4 Å². The minimum atomic E-state index is 0.609. The first-order valence-electron chi connectivity index (χ1n) is 6.24. The highest BCUT2D eigenvalue weighted by Gasteiger charge is 2.18. The molecule has 0 aliphatic heterocycles. The third kappa shape index (κ3) is 1.67. The van der Waals surface area contributed by atoms with Crippen LogP contribution in [0.15, 0.2) is 52.9 Å². The zero-order valence-corrected chi connectivity index (χ0v) is 11.6. The first-order valence-corrected chi connectivity index (χ1v) is 7.12. The minimum Gasteiger partial charge on any atom is -0.432 e. The minimum absolute atomic E-state index is 0.609. The highest BCUT2D eigenvalue weighted by atomic mass is 32.1. The van der Waals surface area contributed by atoms with E-state index in [0.717, 1.165) is 21.8 Å². The average molecular weight is 281 g/mol. The molecule has 0 N–H and O–H groups in total. The normalized spacial score (nSPS) is 11.2. The monoisotopic (exact) mass is 281 g/mol. The van der Waals surface area contributed by atoms with Crippen LogP contribution in [0.2, 0.25) is 0 Å². The van der Waals surface area contributed by atoms with Crippen molar-refractivity contribution in [3.63, 3.8) is 0 Å². The largest absolute Gasteiger partial charge is 0.432 e. The fourth-order valence-corrected chi connectivity index (χ4v) is 3.19. The molecule has 0 radical (unpaired) electrons. The Labute approximate surface area is 119 Å². The van der Waals surface area contributed by atoms with Crippen LogP contribution in [0, 0.1) is 6.92 Å². The molecule has 5 heteroatoms. The molecule has 0 saturated heterocycles. The Morgan fingerprint density at radius 3 is 2.85 bits per heavy atom. The summed E-state index contributed by atoms with van der Waals surface area (Å²) in [5.74, 6) is 0.609. The maximum atomic E-state index is 5.43. The van der Waals surface area contributed by atoms with Gasteiger partial charge in [-0.05, 0) is 36.1 Å². The lowest BCUT2D eigenvalue weighted by Crippen LogP contribution is -1.86. The summed E-state index contributed by atoms with van der Waals surface area (Å²) in [6.45, 7) is 2.09. The number of hydrogen-bond acceptors (Lipinski definition) is 4. The van der Waals surface area contributed by atoms with E-state index in [1.54, 1.807) is 30.0 Å². The van der Waals surface area contributed by atoms with Crippen LogP contribution in [0.25, 0.3) is 27.7 Å². The molecule has 98 valence electrons. The molecule has 4 heterocycles. The highest BCUT2D eigenvalue weighted by Crippen LogP contribution is 2.35. The molecule has 4 nitrogen and oxygen atoms in total. The number of fused-ring (bicyclic) bond motifs is 1. The zero-order chi connectivity index (χ0) is 13.5. The Bertz CT molecular complexity index is 873. The highest BCUT2D eigenvalue weighted by molar-refractivity contribution is 7.13. The standard InChI is InChI=1S/C15H11N3OS/c1-10-8-12(20-9-10)13-14(11-2-4-16-5-3-11)18-6-7-19-15(18)17-13/h2-9H,1H3. The Kier molecular flexibility index (Phi) is 2.47. The Morgan fingerprint density at radius 1 is 1.25 bits per heavy atom. The molecule has 0 aliphatic rings. The topological polar surface area (TPSA) is 43.3 Å². The molecule has 0 amide bonds. The predicted octanol–water partition coefficient (Wildman–Crippen LogP) is 4.03. The molecule has 0 fully saturated rings. The van der Waals surface area contributed by atoms with Gasteiger partial charge in [0.2, 0.25) is 0 Å². The van der Waals surface area contributed by atoms with Crippen LogP contribution in [0.4, 0.5) is 0 Å². The number of pyridine rings is 1. The quantitative estimate of drug-likeness (QED) is 0.557. The molecular weight excluding hydrogens is 270 g/mol. The van der Waals surface area contributed by atoms with E-state index in [1.807, 2.05) is 22.7 Å². The van der Waals surface area contributed by atoms with Gasteiger partial charge in [-0.25, -0.2) is 0 Å². The molecule has 0 atom stereocenters. The van der Waals surface area contributed by atoms with Crippen LogP contribution in [0.5, 0.6) is 0 Å². The van der Waals surface area contributed by atoms with Crippen molar-refractivity contribution in [3.05, 3.63) is 54.0 Å². The maximum absolute atomic E-state index is 5.43. The Balaban J connectivity index is 2.04. The maximum Gasteiger partial charge on any atom is 0.306 e. The van der Waals surface area contributed by atoms with Crippen molar-refractivity contribution >= 4 is 17.2 Å². The van der Waals surface area contributed by atoms with Gasteiger partial charge in [0.1, 0.15) is 12.0 Å². The van der Waals surface area contributed by atoms with Gasteiger partial charge in [-0.15, -0.1) is 11.3 Å². The summed E-state index contributed by atoms with van der Waals surface area (Å²) in [6, 6.07) is 6.12. The van der Waals surface area contributed by atoms with Crippen LogP contribution in [0.1, 0.15) is 5.56 Å². The number of hydrogen-bond donors (Lipinski definition) is 0. The van der Waals surface area contributed by atoms with E-state index >= 15 is 0 Å². The molecule has 0 spiro atoms. The smallest absolute Gasteiger partial charge is 0.306 e. The van der Waals surface area contributed by atoms with Gasteiger partial charge in [-0.2, -0.15) is 4.98 Å². The predicted molar refractivity (Wildman–Crippen MR) is 78.7 cm³/mol. The van der Waals surface area contributed by atoms with Gasteiger partial charge in [0, 0.05) is 24.2 Å². The van der Waals surface area contributed by atoms with Crippen LogP contribution in [-0.4, -0.2) is 14.4 Å². The number of oxazole rings is 1. The second-order valence-electron chi connectivity index (χ2n) is 4.59. The van der Waals surface area contributed by atoms with Gasteiger partial charge in [0.15, 0.2) is 0 Å². The number of rotatable bonds is 2. The van der Waals surface area contributed by atoms with Crippen molar-refractivity contribution < 1.29 is 4.42 Å². The fraction of sp³-hybridized carbons (Fsp3) is 0.0667. The van der Waals surface area contributed by atoms with Gasteiger partial charge < -0.3 is 4.42 Å². The number of aryl methyl sites for hydroxylation is 1. The molecular formula is C15H11N3OS. The third-order valence-electron chi connectivity index (χ3n) is 3.18. The summed E-state index contributed by atoms with van der Waals surface area (Å²) in [4.78, 5) is 9.84. The van der Waals surface area contributed by atoms with Crippen LogP contribution in [-0.2, 0) is 0 Å². The summed E-state index contributed by atoms with van der Waals surface area (Å²) >= 11 is 1.70. The fourth-order valence-electron chi connectivity index (χ4n) is 2.30. The third-order valence-corrected chi connectivity index (χ3v) is 4.23. The molecule has 4 aromatic rings. The van der Waals surface area contributed by atoms with E-state index < -0.39 is 0 Å². The van der Waals surface area contributed by atoms with E-state index in [4.69, 9.17) is 4.42 Å². The summed E-state index contributed by atoms with van der Waals surface area (Å²) < 4.78 is 7.40. The van der Waals surface area contributed by atoms with E-state index in [0.29, 0.717) is 5.84 Å². The lowest BCUT2D eigenvalue weighted by molar-refractivity contribution is 0.596. The molecule has 0 unspecified atom stereocenters. The number of nitrogens with zero attached hydrogens (tertiary/aromatic N) is 3. The van der Waals surface area contributed by atoms with Gasteiger partial charge in [0.25, 0.3) is 0 Å². The van der Waals surface area contributed by atoms with Crippen molar-refractivity contribution in [2.75, 3.05) is 0 Å². The van der Waals surface area contributed by atoms with Crippen LogP contribution in [0.3, 0.4) is 0 Å². The van der Waals surface area contributed by atoms with Gasteiger partial charge in [-0.3, -0.25) is 9.38 Å². The van der Waals surface area contributed by atoms with Crippen LogP contribution < -0.4 is 0 Å². The van der Waals surface area contributed by atoms with E-state index in [1.165, 1.54) is 5.56 Å². The number of aromatic nitrogens is 3. The van der Waals surface area contributed by atoms with Crippen molar-refractivity contribution in [2.45, 2.75) is 6.92 Å². The van der Waals surface area contributed by atoms with E-state index in [9.17, 15) is 0 Å². The van der Waals surface area contributed by atoms with Crippen molar-refractivity contribution in [2.24, 2.45) is 0 Å². The van der Waals surface area contributed by atoms with Crippen molar-refractivity contribution in [3.8, 4) is 21.8 Å². The van der Waals surface area contributed by atoms with E-state index in [2.05, 4.69) is 28.3 Å². The van der Waals surface area contributed by atoms with Gasteiger partial charge in [-0.1, -0.05) is 0 Å². The average Bonchev–Trinajstić information content (AvgIpc) is 3.13. The molecule has 0 bridgehead atoms. The van der Waals surface area contributed by atoms with Crippen molar-refractivity contribution in [1.29, 1.82) is 0 Å². The number of imidazole rings is 1. The summed E-state index contributed by atoms with van der Waals surface area (Å²) in [7, 11) is 0. The molecule has 0 aromatic carbocycles. The Hall–Kier alpha value is -2.40. The van der Waals surface area contributed by atoms with Gasteiger partial charge in [0.05, 0.1) is 10.6 Å². The SMILES string of the molecule is Cc1csc(-c2nc3occn3c2-c2ccncc2)c1. The van der Waals surface area contributed by atoms with Crippen LogP contribution >= 0.6 is 11.3 Å². The molecule has 0 aliphatic carbocycles.